The number of nitrogens with one attached hydrogen (secondary N) is 1. The van der Waals surface area contributed by atoms with Gasteiger partial charge < -0.3 is 15.0 Å². The van der Waals surface area contributed by atoms with Crippen molar-refractivity contribution >= 4 is 16.5 Å². The first-order chi connectivity index (χ1) is 10.4. The molecule has 2 aliphatic rings. The molecule has 0 radical (unpaired) electrons. The lowest BCUT2D eigenvalue weighted by Gasteiger charge is -2.32. The van der Waals surface area contributed by atoms with E-state index in [0.29, 0.717) is 0 Å². The molecule has 0 amide bonds. The van der Waals surface area contributed by atoms with Gasteiger partial charge in [0.15, 0.2) is 0 Å². The molecule has 0 unspecified atom stereocenters. The Morgan fingerprint density at radius 3 is 2.67 bits per heavy atom. The summed E-state index contributed by atoms with van der Waals surface area (Å²) in [5.74, 6) is 1.84. The third-order valence-corrected chi connectivity index (χ3v) is 4.47. The Bertz CT molecular complexity index is 630. The van der Waals surface area contributed by atoms with Crippen LogP contribution in [0, 0.1) is 5.92 Å². The van der Waals surface area contributed by atoms with Gasteiger partial charge in [0.25, 0.3) is 0 Å². The quantitative estimate of drug-likeness (QED) is 0.933. The zero-order valence-corrected chi connectivity index (χ0v) is 12.3. The van der Waals surface area contributed by atoms with Gasteiger partial charge >= 0.3 is 0 Å². The van der Waals surface area contributed by atoms with E-state index in [4.69, 9.17) is 4.74 Å². The number of fused-ring (bicyclic) bond motifs is 1. The lowest BCUT2D eigenvalue weighted by molar-refractivity contribution is 0.300. The van der Waals surface area contributed by atoms with Gasteiger partial charge in [0.2, 0.25) is 0 Å². The fourth-order valence-corrected chi connectivity index (χ4v) is 3.06. The van der Waals surface area contributed by atoms with Crippen LogP contribution in [0.5, 0.6) is 5.75 Å². The standard InChI is InChI=1S/C18H22N2O/c1-2-4-16-15(3-1)7-8-17(21-13-14-5-6-14)18(16)20-11-9-19-10-12-20/h1-4,7-8,14,19H,5-6,9-13H2. The lowest BCUT2D eigenvalue weighted by atomic mass is 10.1. The molecule has 0 bridgehead atoms. The molecule has 1 saturated carbocycles. The molecule has 3 nitrogen and oxygen atoms in total. The van der Waals surface area contributed by atoms with Gasteiger partial charge in [-0.2, -0.15) is 0 Å². The van der Waals surface area contributed by atoms with E-state index in [1.807, 2.05) is 0 Å². The maximum atomic E-state index is 6.16. The van der Waals surface area contributed by atoms with E-state index in [1.165, 1.54) is 29.3 Å². The average molecular weight is 282 g/mol. The smallest absolute Gasteiger partial charge is 0.143 e. The van der Waals surface area contributed by atoms with Gasteiger partial charge in [-0.15, -0.1) is 0 Å². The van der Waals surface area contributed by atoms with Crippen molar-refractivity contribution < 1.29 is 4.74 Å². The topological polar surface area (TPSA) is 24.5 Å². The summed E-state index contributed by atoms with van der Waals surface area (Å²) in [6, 6.07) is 13.0. The summed E-state index contributed by atoms with van der Waals surface area (Å²) in [6.07, 6.45) is 2.66. The Hall–Kier alpha value is -1.74. The number of anilines is 1. The fraction of sp³-hybridized carbons (Fsp3) is 0.444. The van der Waals surface area contributed by atoms with Crippen molar-refractivity contribution in [3.63, 3.8) is 0 Å². The van der Waals surface area contributed by atoms with Crippen molar-refractivity contribution in [3.05, 3.63) is 36.4 Å². The molecule has 1 N–H and O–H groups in total. The predicted octanol–water partition coefficient (Wildman–Crippen LogP) is 3.04. The molecule has 110 valence electrons. The molecular weight excluding hydrogens is 260 g/mol. The highest BCUT2D eigenvalue weighted by Crippen LogP contribution is 2.38. The molecule has 1 aliphatic carbocycles. The van der Waals surface area contributed by atoms with Crippen molar-refractivity contribution in [2.24, 2.45) is 5.92 Å². The summed E-state index contributed by atoms with van der Waals surface area (Å²) < 4.78 is 6.16. The molecule has 0 aromatic heterocycles. The number of piperazine rings is 1. The Morgan fingerprint density at radius 2 is 1.86 bits per heavy atom. The van der Waals surface area contributed by atoms with Crippen LogP contribution in [0.2, 0.25) is 0 Å². The van der Waals surface area contributed by atoms with Crippen LogP contribution in [-0.4, -0.2) is 32.8 Å². The minimum Gasteiger partial charge on any atom is -0.491 e. The monoisotopic (exact) mass is 282 g/mol. The number of ether oxygens (including phenoxy) is 1. The van der Waals surface area contributed by atoms with Crippen LogP contribution in [0.4, 0.5) is 5.69 Å². The molecule has 1 heterocycles. The Morgan fingerprint density at radius 1 is 1.05 bits per heavy atom. The second kappa shape index (κ2) is 5.57. The molecule has 1 saturated heterocycles. The van der Waals surface area contributed by atoms with Gasteiger partial charge in [-0.3, -0.25) is 0 Å². The third kappa shape index (κ3) is 2.70. The van der Waals surface area contributed by atoms with Crippen LogP contribution in [-0.2, 0) is 0 Å². The van der Waals surface area contributed by atoms with Crippen LogP contribution in [0.1, 0.15) is 12.8 Å². The van der Waals surface area contributed by atoms with Crippen LogP contribution < -0.4 is 15.0 Å². The zero-order valence-electron chi connectivity index (χ0n) is 12.3. The maximum absolute atomic E-state index is 6.16. The SMILES string of the molecule is c1ccc2c(N3CCNCC3)c(OCC3CC3)ccc2c1. The minimum atomic E-state index is 0.785. The van der Waals surface area contributed by atoms with Gasteiger partial charge in [-0.1, -0.05) is 30.3 Å². The van der Waals surface area contributed by atoms with E-state index >= 15 is 0 Å². The van der Waals surface area contributed by atoms with Gasteiger partial charge in [-0.25, -0.2) is 0 Å². The molecule has 0 spiro atoms. The van der Waals surface area contributed by atoms with Crippen LogP contribution in [0.15, 0.2) is 36.4 Å². The molecule has 21 heavy (non-hydrogen) atoms. The maximum Gasteiger partial charge on any atom is 0.143 e. The molecule has 2 aromatic carbocycles. The first kappa shape index (κ1) is 13.0. The van der Waals surface area contributed by atoms with Crippen molar-refractivity contribution in [1.29, 1.82) is 0 Å². The van der Waals surface area contributed by atoms with E-state index in [2.05, 4.69) is 46.6 Å². The molecule has 2 fully saturated rings. The molecule has 2 aromatic rings. The van der Waals surface area contributed by atoms with Crippen LogP contribution in [0.3, 0.4) is 0 Å². The highest BCUT2D eigenvalue weighted by molar-refractivity contribution is 5.97. The normalized spacial score (nSPS) is 19.0. The fourth-order valence-electron chi connectivity index (χ4n) is 3.06. The summed E-state index contributed by atoms with van der Waals surface area (Å²) in [5, 5.41) is 6.04. The Labute approximate surface area is 125 Å². The van der Waals surface area contributed by atoms with E-state index in [1.54, 1.807) is 0 Å². The zero-order chi connectivity index (χ0) is 14.1. The van der Waals surface area contributed by atoms with Gasteiger partial charge in [0.1, 0.15) is 5.75 Å². The van der Waals surface area contributed by atoms with E-state index in [0.717, 1.165) is 44.5 Å². The number of hydrogen-bond donors (Lipinski definition) is 1. The van der Waals surface area contributed by atoms with E-state index in [9.17, 15) is 0 Å². The number of nitrogens with zero attached hydrogens (tertiary/aromatic N) is 1. The first-order valence-electron chi connectivity index (χ1n) is 8.02. The summed E-state index contributed by atoms with van der Waals surface area (Å²) in [7, 11) is 0. The minimum absolute atomic E-state index is 0.785. The van der Waals surface area contributed by atoms with Crippen molar-refractivity contribution in [1.82, 2.24) is 5.32 Å². The van der Waals surface area contributed by atoms with Crippen LogP contribution >= 0.6 is 0 Å². The second-order valence-corrected chi connectivity index (χ2v) is 6.12. The van der Waals surface area contributed by atoms with E-state index in [-0.39, 0.29) is 0 Å². The van der Waals surface area contributed by atoms with Gasteiger partial charge in [-0.05, 0) is 30.2 Å². The number of benzene rings is 2. The summed E-state index contributed by atoms with van der Waals surface area (Å²) >= 11 is 0. The van der Waals surface area contributed by atoms with E-state index < -0.39 is 0 Å². The molecule has 0 atom stereocenters. The molecule has 4 rings (SSSR count). The van der Waals surface area contributed by atoms with Crippen molar-refractivity contribution in [2.75, 3.05) is 37.7 Å². The Balaban J connectivity index is 1.74. The first-order valence-corrected chi connectivity index (χ1v) is 8.02. The Kier molecular flexibility index (Phi) is 3.44. The van der Waals surface area contributed by atoms with Crippen molar-refractivity contribution in [3.8, 4) is 5.75 Å². The summed E-state index contributed by atoms with van der Waals surface area (Å²) in [4.78, 5) is 2.47. The predicted molar refractivity (Wildman–Crippen MR) is 87.2 cm³/mol. The number of rotatable bonds is 4. The summed E-state index contributed by atoms with van der Waals surface area (Å²) in [5.41, 5.74) is 1.29. The third-order valence-electron chi connectivity index (χ3n) is 4.47. The van der Waals surface area contributed by atoms with Crippen molar-refractivity contribution in [2.45, 2.75) is 12.8 Å². The second-order valence-electron chi connectivity index (χ2n) is 6.12. The number of hydrogen-bond acceptors (Lipinski definition) is 3. The van der Waals surface area contributed by atoms with Crippen LogP contribution in [0.25, 0.3) is 10.8 Å². The van der Waals surface area contributed by atoms with Gasteiger partial charge in [0.05, 0.1) is 12.3 Å². The highest BCUT2D eigenvalue weighted by Gasteiger charge is 2.24. The molecule has 3 heteroatoms. The largest absolute Gasteiger partial charge is 0.491 e. The molecule has 1 aliphatic heterocycles. The average Bonchev–Trinajstić information content (AvgIpc) is 3.37. The lowest BCUT2D eigenvalue weighted by Crippen LogP contribution is -2.43. The molecular formula is C18H22N2O. The highest BCUT2D eigenvalue weighted by atomic mass is 16.5. The van der Waals surface area contributed by atoms with Gasteiger partial charge in [0, 0.05) is 31.6 Å². The summed E-state index contributed by atoms with van der Waals surface area (Å²) in [6.45, 7) is 5.07.